The first kappa shape index (κ1) is 12.0. The molecule has 0 aromatic heterocycles. The van der Waals surface area contributed by atoms with Gasteiger partial charge in [0.05, 0.1) is 19.8 Å². The highest BCUT2D eigenvalue weighted by atomic mass is 16.5. The molecule has 1 aliphatic heterocycles. The summed E-state index contributed by atoms with van der Waals surface area (Å²) >= 11 is 0. The molecule has 0 atom stereocenters. The minimum absolute atomic E-state index is 0.0162. The number of hydrogen-bond donors (Lipinski definition) is 3. The second-order valence-corrected chi connectivity index (χ2v) is 4.35. The van der Waals surface area contributed by atoms with Gasteiger partial charge in [-0.3, -0.25) is 0 Å². The monoisotopic (exact) mass is 239 g/mol. The Morgan fingerprint density at radius 2 is 1.76 bits per heavy atom. The molecule has 5 nitrogen and oxygen atoms in total. The van der Waals surface area contributed by atoms with Crippen LogP contribution in [0.2, 0.25) is 0 Å². The van der Waals surface area contributed by atoms with E-state index in [-0.39, 0.29) is 5.75 Å². The van der Waals surface area contributed by atoms with Crippen molar-refractivity contribution in [3.63, 3.8) is 0 Å². The molecule has 1 aromatic carbocycles. The van der Waals surface area contributed by atoms with Crippen LogP contribution in [0.25, 0.3) is 0 Å². The Morgan fingerprint density at radius 3 is 2.12 bits per heavy atom. The van der Waals surface area contributed by atoms with E-state index in [1.165, 1.54) is 14.2 Å². The first-order valence-corrected chi connectivity index (χ1v) is 5.45. The minimum Gasteiger partial charge on any atom is -0.502 e. The zero-order valence-electron chi connectivity index (χ0n) is 9.99. The molecule has 0 saturated carbocycles. The maximum Gasteiger partial charge on any atom is 0.200 e. The molecule has 1 aliphatic rings. The maximum atomic E-state index is 10.1. The predicted molar refractivity (Wildman–Crippen MR) is 62.7 cm³/mol. The summed E-state index contributed by atoms with van der Waals surface area (Å²) < 4.78 is 10.1. The topological polar surface area (TPSA) is 71.0 Å². The molecule has 1 heterocycles. The Labute approximate surface area is 100.0 Å². The second-order valence-electron chi connectivity index (χ2n) is 4.35. The Bertz CT molecular complexity index is 390. The smallest absolute Gasteiger partial charge is 0.200 e. The van der Waals surface area contributed by atoms with Gasteiger partial charge in [-0.25, -0.2) is 0 Å². The number of benzene rings is 1. The van der Waals surface area contributed by atoms with Crippen molar-refractivity contribution in [3.05, 3.63) is 17.7 Å². The van der Waals surface area contributed by atoms with Crippen LogP contribution in [0, 0.1) is 0 Å². The fraction of sp³-hybridized carbons (Fsp3) is 0.500. The minimum atomic E-state index is -0.701. The van der Waals surface area contributed by atoms with E-state index < -0.39 is 5.60 Å². The van der Waals surface area contributed by atoms with Crippen LogP contribution in [0.4, 0.5) is 0 Å². The van der Waals surface area contributed by atoms with Crippen LogP contribution in [0.5, 0.6) is 17.2 Å². The summed E-state index contributed by atoms with van der Waals surface area (Å²) in [6.45, 7) is 1.16. The first-order valence-electron chi connectivity index (χ1n) is 5.45. The Kier molecular flexibility index (Phi) is 3.13. The van der Waals surface area contributed by atoms with Crippen molar-refractivity contribution in [1.82, 2.24) is 5.32 Å². The van der Waals surface area contributed by atoms with Gasteiger partial charge >= 0.3 is 0 Å². The highest BCUT2D eigenvalue weighted by molar-refractivity contribution is 5.53. The number of ether oxygens (including phenoxy) is 2. The van der Waals surface area contributed by atoms with Crippen LogP contribution < -0.4 is 14.8 Å². The largest absolute Gasteiger partial charge is 0.502 e. The fourth-order valence-electron chi connectivity index (χ4n) is 1.97. The Hall–Kier alpha value is -1.46. The molecular formula is C12H17NO4. The third-order valence-electron chi connectivity index (χ3n) is 2.98. The third-order valence-corrected chi connectivity index (χ3v) is 2.98. The van der Waals surface area contributed by atoms with Gasteiger partial charge in [-0.15, -0.1) is 0 Å². The van der Waals surface area contributed by atoms with Gasteiger partial charge in [0.1, 0.15) is 0 Å². The van der Waals surface area contributed by atoms with E-state index in [9.17, 15) is 10.2 Å². The van der Waals surface area contributed by atoms with Gasteiger partial charge in [-0.2, -0.15) is 0 Å². The highest BCUT2D eigenvalue weighted by Gasteiger charge is 2.34. The molecule has 94 valence electrons. The molecule has 0 radical (unpaired) electrons. The second kappa shape index (κ2) is 4.43. The number of aromatic hydroxyl groups is 1. The van der Waals surface area contributed by atoms with Crippen LogP contribution in [0.1, 0.15) is 5.56 Å². The summed E-state index contributed by atoms with van der Waals surface area (Å²) in [5.74, 6) is 0.697. The standard InChI is InChI=1S/C12H17NO4/c1-16-9-3-8(4-10(17-2)11(9)14)5-12(15)6-13-7-12/h3-4,13-15H,5-7H2,1-2H3. The summed E-state index contributed by atoms with van der Waals surface area (Å²) in [7, 11) is 2.97. The van der Waals surface area contributed by atoms with Gasteiger partial charge in [0.25, 0.3) is 0 Å². The molecule has 1 fully saturated rings. The van der Waals surface area contributed by atoms with Crippen molar-refractivity contribution in [3.8, 4) is 17.2 Å². The fourth-order valence-corrected chi connectivity index (χ4v) is 1.97. The van der Waals surface area contributed by atoms with Crippen molar-refractivity contribution in [2.45, 2.75) is 12.0 Å². The summed E-state index contributed by atoms with van der Waals surface area (Å²) in [5.41, 5.74) is 0.174. The molecule has 2 rings (SSSR count). The lowest BCUT2D eigenvalue weighted by molar-refractivity contribution is -0.00908. The maximum absolute atomic E-state index is 10.1. The molecule has 0 spiro atoms. The van der Waals surface area contributed by atoms with E-state index in [0.29, 0.717) is 31.0 Å². The summed E-state index contributed by atoms with van der Waals surface area (Å²) in [4.78, 5) is 0. The molecule has 5 heteroatoms. The molecular weight excluding hydrogens is 222 g/mol. The lowest BCUT2D eigenvalue weighted by Gasteiger charge is -2.37. The normalized spacial score (nSPS) is 17.4. The number of aliphatic hydroxyl groups is 1. The SMILES string of the molecule is COc1cc(CC2(O)CNC2)cc(OC)c1O. The number of methoxy groups -OCH3 is 2. The predicted octanol–water partition coefficient (Wildman–Crippen LogP) is 0.286. The molecule has 1 saturated heterocycles. The van der Waals surface area contributed by atoms with Gasteiger partial charge < -0.3 is 25.0 Å². The van der Waals surface area contributed by atoms with E-state index in [4.69, 9.17) is 9.47 Å². The van der Waals surface area contributed by atoms with Crippen LogP contribution in [0.15, 0.2) is 12.1 Å². The van der Waals surface area contributed by atoms with Crippen LogP contribution in [0.3, 0.4) is 0 Å². The quantitative estimate of drug-likeness (QED) is 0.704. The number of β-amino-alcohol motifs (C(OH)–C–C–N with tert-alkyl or cyclic N) is 1. The van der Waals surface area contributed by atoms with Gasteiger partial charge in [0.15, 0.2) is 11.5 Å². The van der Waals surface area contributed by atoms with Crippen molar-refractivity contribution in [1.29, 1.82) is 0 Å². The van der Waals surface area contributed by atoms with Gasteiger partial charge in [0.2, 0.25) is 5.75 Å². The van der Waals surface area contributed by atoms with E-state index in [0.717, 1.165) is 5.56 Å². The number of phenolic OH excluding ortho intramolecular Hbond substituents is 1. The van der Waals surface area contributed by atoms with Gasteiger partial charge in [-0.1, -0.05) is 0 Å². The molecule has 0 aliphatic carbocycles. The zero-order chi connectivity index (χ0) is 12.5. The average Bonchev–Trinajstić information content (AvgIpc) is 2.29. The molecule has 0 unspecified atom stereocenters. The van der Waals surface area contributed by atoms with E-state index in [2.05, 4.69) is 5.32 Å². The van der Waals surface area contributed by atoms with Crippen molar-refractivity contribution in [2.75, 3.05) is 27.3 Å². The van der Waals surface area contributed by atoms with Crippen molar-refractivity contribution in [2.24, 2.45) is 0 Å². The summed E-state index contributed by atoms with van der Waals surface area (Å²) in [6, 6.07) is 3.43. The lowest BCUT2D eigenvalue weighted by Crippen LogP contribution is -2.60. The number of phenols is 1. The highest BCUT2D eigenvalue weighted by Crippen LogP contribution is 2.38. The van der Waals surface area contributed by atoms with Crippen LogP contribution in [-0.2, 0) is 6.42 Å². The Balaban J connectivity index is 2.27. The van der Waals surface area contributed by atoms with Crippen LogP contribution in [-0.4, -0.2) is 43.1 Å². The van der Waals surface area contributed by atoms with Crippen molar-refractivity contribution < 1.29 is 19.7 Å². The summed E-state index contributed by atoms with van der Waals surface area (Å²) in [6.07, 6.45) is 0.507. The van der Waals surface area contributed by atoms with Gasteiger partial charge in [0, 0.05) is 19.5 Å². The Morgan fingerprint density at radius 1 is 1.24 bits per heavy atom. The third kappa shape index (κ3) is 2.30. The van der Waals surface area contributed by atoms with E-state index in [1.54, 1.807) is 12.1 Å². The van der Waals surface area contributed by atoms with E-state index >= 15 is 0 Å². The first-order chi connectivity index (χ1) is 8.08. The summed E-state index contributed by atoms with van der Waals surface area (Å²) in [5, 5.41) is 22.8. The average molecular weight is 239 g/mol. The number of hydrogen-bond acceptors (Lipinski definition) is 5. The van der Waals surface area contributed by atoms with Gasteiger partial charge in [-0.05, 0) is 17.7 Å². The zero-order valence-corrected chi connectivity index (χ0v) is 9.99. The molecule has 17 heavy (non-hydrogen) atoms. The number of rotatable bonds is 4. The molecule has 0 bridgehead atoms. The van der Waals surface area contributed by atoms with E-state index in [1.807, 2.05) is 0 Å². The van der Waals surface area contributed by atoms with Crippen molar-refractivity contribution >= 4 is 0 Å². The lowest BCUT2D eigenvalue weighted by atomic mass is 9.89. The molecule has 0 amide bonds. The van der Waals surface area contributed by atoms with Crippen LogP contribution >= 0.6 is 0 Å². The number of nitrogens with one attached hydrogen (secondary N) is 1. The molecule has 1 aromatic rings. The molecule has 3 N–H and O–H groups in total.